The molecular formula is C18H24N4O. The van der Waals surface area contributed by atoms with Crippen LogP contribution in [0.25, 0.3) is 0 Å². The number of benzene rings is 1. The van der Waals surface area contributed by atoms with E-state index in [1.165, 1.54) is 5.56 Å². The molecule has 0 saturated heterocycles. The number of hydrogen-bond acceptors (Lipinski definition) is 4. The van der Waals surface area contributed by atoms with Crippen LogP contribution in [0, 0.1) is 0 Å². The van der Waals surface area contributed by atoms with Crippen molar-refractivity contribution < 1.29 is 4.79 Å². The molecule has 1 N–H and O–H groups in total. The number of aromatic nitrogens is 2. The Morgan fingerprint density at radius 1 is 1.17 bits per heavy atom. The third kappa shape index (κ3) is 5.06. The molecule has 5 heteroatoms. The predicted molar refractivity (Wildman–Crippen MR) is 92.4 cm³/mol. The largest absolute Gasteiger partial charge is 0.351 e. The van der Waals surface area contributed by atoms with Crippen molar-refractivity contribution in [2.45, 2.75) is 33.2 Å². The highest BCUT2D eigenvalue weighted by atomic mass is 16.1. The van der Waals surface area contributed by atoms with Crippen LogP contribution in [0.2, 0.25) is 0 Å². The Morgan fingerprint density at radius 3 is 2.65 bits per heavy atom. The number of unbranched alkanes of at least 4 members (excludes halogenated alkanes) is 1. The Morgan fingerprint density at radius 2 is 1.96 bits per heavy atom. The summed E-state index contributed by atoms with van der Waals surface area (Å²) in [7, 11) is 0. The smallest absolute Gasteiger partial charge is 0.270 e. The second kappa shape index (κ2) is 8.88. The highest BCUT2D eigenvalue weighted by Crippen LogP contribution is 2.12. The summed E-state index contributed by atoms with van der Waals surface area (Å²) in [5.41, 5.74) is 1.60. The van der Waals surface area contributed by atoms with Gasteiger partial charge in [-0.3, -0.25) is 4.79 Å². The average Bonchev–Trinajstić information content (AvgIpc) is 2.61. The molecule has 1 amide bonds. The van der Waals surface area contributed by atoms with E-state index >= 15 is 0 Å². The van der Waals surface area contributed by atoms with Crippen LogP contribution in [0.3, 0.4) is 0 Å². The number of amides is 1. The minimum Gasteiger partial charge on any atom is -0.351 e. The molecule has 1 heterocycles. The van der Waals surface area contributed by atoms with Crippen molar-refractivity contribution in [1.82, 2.24) is 15.3 Å². The fraction of sp³-hybridized carbons (Fsp3) is 0.389. The summed E-state index contributed by atoms with van der Waals surface area (Å²) in [6.07, 6.45) is 3.67. The lowest BCUT2D eigenvalue weighted by Crippen LogP contribution is -2.28. The second-order valence-electron chi connectivity index (χ2n) is 5.35. The molecule has 0 atom stereocenters. The van der Waals surface area contributed by atoms with Crippen LogP contribution in [-0.4, -0.2) is 29.0 Å². The van der Waals surface area contributed by atoms with Crippen LogP contribution in [0.15, 0.2) is 42.6 Å². The average molecular weight is 312 g/mol. The fourth-order valence-electron chi connectivity index (χ4n) is 2.22. The van der Waals surface area contributed by atoms with Gasteiger partial charge in [0.25, 0.3) is 5.91 Å². The molecule has 0 radical (unpaired) electrons. The van der Waals surface area contributed by atoms with E-state index in [0.29, 0.717) is 18.2 Å². The van der Waals surface area contributed by atoms with Gasteiger partial charge in [0.15, 0.2) is 0 Å². The molecule has 2 aromatic rings. The van der Waals surface area contributed by atoms with Gasteiger partial charge >= 0.3 is 0 Å². The van der Waals surface area contributed by atoms with Gasteiger partial charge in [-0.05, 0) is 25.0 Å². The summed E-state index contributed by atoms with van der Waals surface area (Å²) in [4.78, 5) is 22.9. The summed E-state index contributed by atoms with van der Waals surface area (Å²) in [5.74, 6) is 0.442. The van der Waals surface area contributed by atoms with Gasteiger partial charge in [-0.2, -0.15) is 0 Å². The third-order valence-corrected chi connectivity index (χ3v) is 3.57. The molecule has 0 aliphatic heterocycles. The molecule has 0 spiro atoms. The Balaban J connectivity index is 2.08. The zero-order chi connectivity index (χ0) is 16.5. The molecule has 0 saturated carbocycles. The van der Waals surface area contributed by atoms with Crippen LogP contribution < -0.4 is 10.2 Å². The van der Waals surface area contributed by atoms with Gasteiger partial charge in [-0.25, -0.2) is 9.97 Å². The van der Waals surface area contributed by atoms with Crippen molar-refractivity contribution in [3.8, 4) is 0 Å². The topological polar surface area (TPSA) is 58.1 Å². The molecule has 0 bridgehead atoms. The number of anilines is 1. The van der Waals surface area contributed by atoms with E-state index < -0.39 is 0 Å². The second-order valence-corrected chi connectivity index (χ2v) is 5.35. The number of carbonyl (C=O) groups is 1. The SMILES string of the molecule is CCCCNC(=O)c1ccnc(N(CC)Cc2ccccc2)n1. The van der Waals surface area contributed by atoms with Gasteiger partial charge in [0.2, 0.25) is 5.95 Å². The van der Waals surface area contributed by atoms with Crippen molar-refractivity contribution in [2.24, 2.45) is 0 Å². The maximum atomic E-state index is 12.1. The zero-order valence-corrected chi connectivity index (χ0v) is 13.8. The van der Waals surface area contributed by atoms with Gasteiger partial charge in [0, 0.05) is 25.8 Å². The van der Waals surface area contributed by atoms with Crippen molar-refractivity contribution in [1.29, 1.82) is 0 Å². The van der Waals surface area contributed by atoms with E-state index in [4.69, 9.17) is 0 Å². The Labute approximate surface area is 137 Å². The number of nitrogens with one attached hydrogen (secondary N) is 1. The first kappa shape index (κ1) is 16.9. The monoisotopic (exact) mass is 312 g/mol. The molecule has 1 aromatic heterocycles. The number of hydrogen-bond donors (Lipinski definition) is 1. The van der Waals surface area contributed by atoms with E-state index in [1.54, 1.807) is 12.3 Å². The molecule has 1 aromatic carbocycles. The highest BCUT2D eigenvalue weighted by molar-refractivity contribution is 5.92. The Bertz CT molecular complexity index is 615. The van der Waals surface area contributed by atoms with E-state index in [9.17, 15) is 4.79 Å². The predicted octanol–water partition coefficient (Wildman–Crippen LogP) is 3.03. The minimum absolute atomic E-state index is 0.141. The molecule has 5 nitrogen and oxygen atoms in total. The van der Waals surface area contributed by atoms with Crippen LogP contribution >= 0.6 is 0 Å². The van der Waals surface area contributed by atoms with Gasteiger partial charge in [0.1, 0.15) is 5.69 Å². The summed E-state index contributed by atoms with van der Waals surface area (Å²) < 4.78 is 0. The van der Waals surface area contributed by atoms with Gasteiger partial charge < -0.3 is 10.2 Å². The first-order chi connectivity index (χ1) is 11.2. The van der Waals surface area contributed by atoms with Crippen molar-refractivity contribution in [2.75, 3.05) is 18.0 Å². The van der Waals surface area contributed by atoms with Crippen LogP contribution in [-0.2, 0) is 6.54 Å². The number of nitrogens with zero attached hydrogens (tertiary/aromatic N) is 3. The lowest BCUT2D eigenvalue weighted by Gasteiger charge is -2.21. The van der Waals surface area contributed by atoms with Crippen molar-refractivity contribution >= 4 is 11.9 Å². The van der Waals surface area contributed by atoms with E-state index in [1.807, 2.05) is 18.2 Å². The lowest BCUT2D eigenvalue weighted by atomic mass is 10.2. The summed E-state index contributed by atoms with van der Waals surface area (Å²) in [5, 5.41) is 2.89. The molecule has 23 heavy (non-hydrogen) atoms. The molecule has 0 aliphatic carbocycles. The summed E-state index contributed by atoms with van der Waals surface area (Å²) in [6, 6.07) is 11.8. The van der Waals surface area contributed by atoms with Gasteiger partial charge in [0.05, 0.1) is 0 Å². The lowest BCUT2D eigenvalue weighted by molar-refractivity contribution is 0.0948. The van der Waals surface area contributed by atoms with Crippen molar-refractivity contribution in [3.63, 3.8) is 0 Å². The maximum Gasteiger partial charge on any atom is 0.270 e. The van der Waals surface area contributed by atoms with Crippen LogP contribution in [0.5, 0.6) is 0 Å². The zero-order valence-electron chi connectivity index (χ0n) is 13.8. The summed E-state index contributed by atoms with van der Waals surface area (Å²) >= 11 is 0. The minimum atomic E-state index is -0.141. The van der Waals surface area contributed by atoms with Crippen molar-refractivity contribution in [3.05, 3.63) is 53.9 Å². The Hall–Kier alpha value is -2.43. The van der Waals surface area contributed by atoms with Crippen LogP contribution in [0.4, 0.5) is 5.95 Å². The summed E-state index contributed by atoms with van der Waals surface area (Å²) in [6.45, 7) is 6.32. The molecule has 0 fully saturated rings. The van der Waals surface area contributed by atoms with E-state index in [0.717, 1.165) is 25.9 Å². The number of rotatable bonds is 8. The fourth-order valence-corrected chi connectivity index (χ4v) is 2.22. The first-order valence-corrected chi connectivity index (χ1v) is 8.14. The van der Waals surface area contributed by atoms with Gasteiger partial charge in [-0.1, -0.05) is 43.7 Å². The molecule has 122 valence electrons. The quantitative estimate of drug-likeness (QED) is 0.761. The maximum absolute atomic E-state index is 12.1. The van der Waals surface area contributed by atoms with Crippen LogP contribution in [0.1, 0.15) is 42.7 Å². The highest BCUT2D eigenvalue weighted by Gasteiger charge is 2.12. The Kier molecular flexibility index (Phi) is 6.54. The molecule has 2 rings (SSSR count). The number of carbonyl (C=O) groups excluding carboxylic acids is 1. The molecule has 0 unspecified atom stereocenters. The molecular weight excluding hydrogens is 288 g/mol. The van der Waals surface area contributed by atoms with E-state index in [2.05, 4.69) is 46.2 Å². The first-order valence-electron chi connectivity index (χ1n) is 8.14. The third-order valence-electron chi connectivity index (χ3n) is 3.57. The normalized spacial score (nSPS) is 10.3. The van der Waals surface area contributed by atoms with Gasteiger partial charge in [-0.15, -0.1) is 0 Å². The standard InChI is InChI=1S/C18H24N4O/c1-3-5-12-19-17(23)16-11-13-20-18(21-16)22(4-2)14-15-9-7-6-8-10-15/h6-11,13H,3-5,12,14H2,1-2H3,(H,19,23). The van der Waals surface area contributed by atoms with E-state index in [-0.39, 0.29) is 5.91 Å². The molecule has 0 aliphatic rings.